The van der Waals surface area contributed by atoms with Gasteiger partial charge in [0, 0.05) is 10.8 Å². The molecule has 114 valence electrons. The quantitative estimate of drug-likeness (QED) is 0.462. The number of rotatable bonds is 5. The van der Waals surface area contributed by atoms with Gasteiger partial charge in [0.2, 0.25) is 0 Å². The maximum Gasteiger partial charge on any atom is 0.446 e. The Bertz CT molecular complexity index is 570. The summed E-state index contributed by atoms with van der Waals surface area (Å²) >= 11 is 5.33. The number of ether oxygens (including phenoxy) is 1. The number of thioether (sulfide) groups is 1. The van der Waals surface area contributed by atoms with Gasteiger partial charge in [-0.3, -0.25) is 4.79 Å². The first-order chi connectivity index (χ1) is 9.80. The summed E-state index contributed by atoms with van der Waals surface area (Å²) in [5.74, 6) is -0.588. The number of esters is 1. The van der Waals surface area contributed by atoms with Crippen LogP contribution in [0.2, 0.25) is 0 Å². The normalized spacial score (nSPS) is 11.0. The van der Waals surface area contributed by atoms with E-state index < -0.39 is 11.5 Å². The van der Waals surface area contributed by atoms with Gasteiger partial charge < -0.3 is 4.74 Å². The fraction of sp³-hybridized carbons (Fsp3) is 0.385. The van der Waals surface area contributed by atoms with Crippen LogP contribution in [0.4, 0.5) is 13.2 Å². The Morgan fingerprint density at radius 2 is 2.10 bits per heavy atom. The fourth-order valence-electron chi connectivity index (χ4n) is 1.62. The van der Waals surface area contributed by atoms with Gasteiger partial charge in [-0.05, 0) is 41.9 Å². The van der Waals surface area contributed by atoms with E-state index in [1.54, 1.807) is 13.0 Å². The summed E-state index contributed by atoms with van der Waals surface area (Å²) < 4.78 is 42.1. The molecule has 0 spiro atoms. The minimum absolute atomic E-state index is 0.0636. The topological polar surface area (TPSA) is 50.1 Å². The first-order valence-electron chi connectivity index (χ1n) is 5.84. The van der Waals surface area contributed by atoms with Gasteiger partial charge in [-0.1, -0.05) is 0 Å². The Morgan fingerprint density at radius 1 is 1.43 bits per heavy atom. The van der Waals surface area contributed by atoms with E-state index in [0.29, 0.717) is 11.1 Å². The smallest absolute Gasteiger partial charge is 0.446 e. The lowest BCUT2D eigenvalue weighted by Gasteiger charge is -2.12. The second-order valence-corrected chi connectivity index (χ2v) is 5.27. The van der Waals surface area contributed by atoms with Gasteiger partial charge in [-0.15, -0.1) is 11.6 Å². The van der Waals surface area contributed by atoms with Crippen LogP contribution in [0.25, 0.3) is 0 Å². The van der Waals surface area contributed by atoms with Crippen molar-refractivity contribution < 1.29 is 22.7 Å². The molecule has 0 aliphatic heterocycles. The van der Waals surface area contributed by atoms with Crippen molar-refractivity contribution in [3.8, 4) is 6.07 Å². The summed E-state index contributed by atoms with van der Waals surface area (Å²) in [7, 11) is 0. The number of hydrogen-bond acceptors (Lipinski definition) is 4. The third kappa shape index (κ3) is 5.48. The third-order valence-corrected chi connectivity index (χ3v) is 3.51. The van der Waals surface area contributed by atoms with Crippen LogP contribution in [0.1, 0.15) is 23.6 Å². The van der Waals surface area contributed by atoms with Crippen molar-refractivity contribution in [3.63, 3.8) is 0 Å². The molecule has 0 aliphatic carbocycles. The van der Waals surface area contributed by atoms with Crippen molar-refractivity contribution in [1.82, 2.24) is 0 Å². The minimum Gasteiger partial charge on any atom is -0.466 e. The Morgan fingerprint density at radius 3 is 2.57 bits per heavy atom. The highest BCUT2D eigenvalue weighted by atomic mass is 35.5. The van der Waals surface area contributed by atoms with Gasteiger partial charge in [0.15, 0.2) is 0 Å². The molecule has 1 rings (SSSR count). The second-order valence-electron chi connectivity index (χ2n) is 3.89. The van der Waals surface area contributed by atoms with Crippen LogP contribution in [0, 0.1) is 11.3 Å². The number of hydrogen-bond donors (Lipinski definition) is 0. The molecule has 0 N–H and O–H groups in total. The van der Waals surface area contributed by atoms with E-state index in [2.05, 4.69) is 0 Å². The van der Waals surface area contributed by atoms with Crippen LogP contribution in [0.15, 0.2) is 17.0 Å². The number of carbonyl (C=O) groups excluding carboxylic acids is 1. The Labute approximate surface area is 129 Å². The number of benzene rings is 1. The molecule has 0 radical (unpaired) electrons. The first-order valence-corrected chi connectivity index (χ1v) is 7.19. The summed E-state index contributed by atoms with van der Waals surface area (Å²) in [6, 6.07) is 4.14. The van der Waals surface area contributed by atoms with Crippen molar-refractivity contribution in [2.75, 3.05) is 6.61 Å². The van der Waals surface area contributed by atoms with Gasteiger partial charge >= 0.3 is 11.5 Å². The molecular formula is C13H11ClF3NO2S. The molecule has 3 nitrogen and oxygen atoms in total. The van der Waals surface area contributed by atoms with Crippen molar-refractivity contribution in [2.45, 2.75) is 29.6 Å². The van der Waals surface area contributed by atoms with Crippen LogP contribution in [-0.4, -0.2) is 18.1 Å². The zero-order valence-electron chi connectivity index (χ0n) is 11.0. The third-order valence-electron chi connectivity index (χ3n) is 2.43. The van der Waals surface area contributed by atoms with E-state index in [-0.39, 0.29) is 41.1 Å². The predicted octanol–water partition coefficient (Wildman–Crippen LogP) is 4.01. The molecule has 0 aliphatic rings. The van der Waals surface area contributed by atoms with Crippen LogP contribution in [-0.2, 0) is 21.8 Å². The average Bonchev–Trinajstić information content (AvgIpc) is 2.38. The molecule has 1 aromatic carbocycles. The summed E-state index contributed by atoms with van der Waals surface area (Å²) in [6.07, 6.45) is -0.137. The zero-order valence-corrected chi connectivity index (χ0v) is 12.5. The van der Waals surface area contributed by atoms with Gasteiger partial charge in [-0.2, -0.15) is 18.4 Å². The molecule has 0 atom stereocenters. The molecule has 0 aromatic heterocycles. The van der Waals surface area contributed by atoms with E-state index in [1.165, 1.54) is 12.1 Å². The molecule has 21 heavy (non-hydrogen) atoms. The lowest BCUT2D eigenvalue weighted by atomic mass is 10.0. The molecule has 8 heteroatoms. The van der Waals surface area contributed by atoms with Gasteiger partial charge in [-0.25, -0.2) is 0 Å². The van der Waals surface area contributed by atoms with Crippen LogP contribution in [0.3, 0.4) is 0 Å². The Kier molecular flexibility index (Phi) is 6.37. The van der Waals surface area contributed by atoms with Crippen LogP contribution in [0.5, 0.6) is 0 Å². The standard InChI is InChI=1S/C13H11ClF3NO2S/c1-2-20-12(19)5-8-3-10(7-18)11(4-9(8)6-14)21-13(15,16)17/h3-4H,2,5-6H2,1H3. The number of alkyl halides is 4. The summed E-state index contributed by atoms with van der Waals surface area (Å²) in [5.41, 5.74) is -3.88. The van der Waals surface area contributed by atoms with Crippen molar-refractivity contribution in [3.05, 3.63) is 28.8 Å². The van der Waals surface area contributed by atoms with E-state index >= 15 is 0 Å². The number of halogens is 4. The monoisotopic (exact) mass is 337 g/mol. The highest BCUT2D eigenvalue weighted by Crippen LogP contribution is 2.39. The molecule has 0 unspecified atom stereocenters. The molecule has 0 saturated heterocycles. The summed E-state index contributed by atoms with van der Waals surface area (Å²) in [4.78, 5) is 11.2. The van der Waals surface area contributed by atoms with E-state index in [0.717, 1.165) is 0 Å². The van der Waals surface area contributed by atoms with Crippen molar-refractivity contribution in [1.29, 1.82) is 5.26 Å². The van der Waals surface area contributed by atoms with Crippen molar-refractivity contribution >= 4 is 29.3 Å². The van der Waals surface area contributed by atoms with Crippen LogP contribution >= 0.6 is 23.4 Å². The largest absolute Gasteiger partial charge is 0.466 e. The molecular weight excluding hydrogens is 327 g/mol. The number of carbonyl (C=O) groups is 1. The maximum atomic E-state index is 12.5. The van der Waals surface area contributed by atoms with Gasteiger partial charge in [0.25, 0.3) is 0 Å². The number of nitrogens with zero attached hydrogens (tertiary/aromatic N) is 1. The average molecular weight is 338 g/mol. The van der Waals surface area contributed by atoms with E-state index in [1.807, 2.05) is 0 Å². The zero-order chi connectivity index (χ0) is 16.0. The molecule has 0 saturated carbocycles. The first kappa shape index (κ1) is 17.7. The van der Waals surface area contributed by atoms with Crippen molar-refractivity contribution in [2.24, 2.45) is 0 Å². The van der Waals surface area contributed by atoms with Crippen LogP contribution < -0.4 is 0 Å². The van der Waals surface area contributed by atoms with Gasteiger partial charge in [0.05, 0.1) is 18.6 Å². The van der Waals surface area contributed by atoms with E-state index in [4.69, 9.17) is 21.6 Å². The molecule has 0 amide bonds. The summed E-state index contributed by atoms with van der Waals surface area (Å²) in [6.45, 7) is 1.84. The van der Waals surface area contributed by atoms with Gasteiger partial charge in [0.1, 0.15) is 6.07 Å². The molecule has 0 bridgehead atoms. The molecule has 0 heterocycles. The second kappa shape index (κ2) is 7.57. The Hall–Kier alpha value is -1.39. The number of nitriles is 1. The Balaban J connectivity index is 3.17. The summed E-state index contributed by atoms with van der Waals surface area (Å²) in [5, 5.41) is 8.96. The SMILES string of the molecule is CCOC(=O)Cc1cc(C#N)c(SC(F)(F)F)cc1CCl. The minimum atomic E-state index is -4.50. The molecule has 1 aromatic rings. The molecule has 0 fully saturated rings. The lowest BCUT2D eigenvalue weighted by molar-refractivity contribution is -0.142. The van der Waals surface area contributed by atoms with E-state index in [9.17, 15) is 18.0 Å². The lowest BCUT2D eigenvalue weighted by Crippen LogP contribution is -2.10. The highest BCUT2D eigenvalue weighted by molar-refractivity contribution is 8.00. The highest BCUT2D eigenvalue weighted by Gasteiger charge is 2.31. The predicted molar refractivity (Wildman–Crippen MR) is 73.0 cm³/mol. The fourth-order valence-corrected chi connectivity index (χ4v) is 2.53. The maximum absolute atomic E-state index is 12.5.